The zero-order valence-corrected chi connectivity index (χ0v) is 18.2. The SMILES string of the molecule is O=C(Cn1cnc2c(sc3nc(-c4cccs4)ccc32)c1=O)Nc1cccc(C(F)(F)F)c1. The number of carbonyl (C=O) groups is 1. The lowest BCUT2D eigenvalue weighted by Gasteiger charge is -2.10. The molecule has 0 aliphatic heterocycles. The molecule has 0 fully saturated rings. The Bertz CT molecular complexity index is 1560. The molecular formula is C22H13F3N4O2S2. The number of rotatable bonds is 4. The Morgan fingerprint density at radius 1 is 1.12 bits per heavy atom. The van der Waals surface area contributed by atoms with Crippen LogP contribution >= 0.6 is 22.7 Å². The van der Waals surface area contributed by atoms with Crippen molar-refractivity contribution in [3.8, 4) is 10.6 Å². The van der Waals surface area contributed by atoms with Gasteiger partial charge in [0.2, 0.25) is 5.91 Å². The van der Waals surface area contributed by atoms with Crippen LogP contribution in [0.5, 0.6) is 0 Å². The number of fused-ring (bicyclic) bond motifs is 3. The summed E-state index contributed by atoms with van der Waals surface area (Å²) in [5.74, 6) is -0.642. The predicted molar refractivity (Wildman–Crippen MR) is 123 cm³/mol. The van der Waals surface area contributed by atoms with Crippen molar-refractivity contribution in [1.29, 1.82) is 0 Å². The average Bonchev–Trinajstić information content (AvgIpc) is 3.43. The summed E-state index contributed by atoms with van der Waals surface area (Å²) in [4.78, 5) is 36.0. The molecule has 0 atom stereocenters. The fourth-order valence-electron chi connectivity index (χ4n) is 3.35. The zero-order valence-electron chi connectivity index (χ0n) is 16.6. The number of nitrogens with zero attached hydrogens (tertiary/aromatic N) is 3. The smallest absolute Gasteiger partial charge is 0.325 e. The third-order valence-electron chi connectivity index (χ3n) is 4.87. The second-order valence-corrected chi connectivity index (χ2v) is 9.06. The van der Waals surface area contributed by atoms with Crippen LogP contribution in [0.4, 0.5) is 18.9 Å². The number of benzene rings is 1. The van der Waals surface area contributed by atoms with Gasteiger partial charge in [-0.05, 0) is 41.8 Å². The predicted octanol–water partition coefficient (Wildman–Crippen LogP) is 5.39. The molecule has 166 valence electrons. The van der Waals surface area contributed by atoms with Crippen LogP contribution in [0.3, 0.4) is 0 Å². The molecule has 6 nitrogen and oxygen atoms in total. The average molecular weight is 487 g/mol. The van der Waals surface area contributed by atoms with Gasteiger partial charge in [0.05, 0.1) is 28.0 Å². The number of anilines is 1. The van der Waals surface area contributed by atoms with Gasteiger partial charge < -0.3 is 5.32 Å². The Kier molecular flexibility index (Phi) is 5.22. The van der Waals surface area contributed by atoms with Crippen molar-refractivity contribution in [3.05, 3.63) is 76.2 Å². The van der Waals surface area contributed by atoms with Crippen LogP contribution in [0.1, 0.15) is 5.56 Å². The normalized spacial score (nSPS) is 11.8. The number of carbonyl (C=O) groups excluding carboxylic acids is 1. The summed E-state index contributed by atoms with van der Waals surface area (Å²) >= 11 is 2.75. The minimum absolute atomic E-state index is 0.0101. The van der Waals surface area contributed by atoms with E-state index in [1.54, 1.807) is 11.3 Å². The Morgan fingerprint density at radius 3 is 2.73 bits per heavy atom. The van der Waals surface area contributed by atoms with Gasteiger partial charge in [-0.25, -0.2) is 9.97 Å². The molecule has 5 aromatic rings. The summed E-state index contributed by atoms with van der Waals surface area (Å²) in [6.07, 6.45) is -3.26. The molecule has 5 rings (SSSR count). The molecule has 0 saturated carbocycles. The van der Waals surface area contributed by atoms with Gasteiger partial charge in [0, 0.05) is 11.1 Å². The summed E-state index contributed by atoms with van der Waals surface area (Å²) in [6, 6.07) is 11.9. The Labute approximate surface area is 192 Å². The molecule has 1 N–H and O–H groups in total. The fraction of sp³-hybridized carbons (Fsp3) is 0.0909. The van der Waals surface area contributed by atoms with E-state index in [2.05, 4.69) is 15.3 Å². The monoisotopic (exact) mass is 486 g/mol. The van der Waals surface area contributed by atoms with Crippen LogP contribution in [0.15, 0.2) is 65.0 Å². The Morgan fingerprint density at radius 2 is 1.97 bits per heavy atom. The quantitative estimate of drug-likeness (QED) is 0.369. The highest BCUT2D eigenvalue weighted by Gasteiger charge is 2.30. The summed E-state index contributed by atoms with van der Waals surface area (Å²) in [5.41, 5.74) is -0.00574. The van der Waals surface area contributed by atoms with E-state index in [9.17, 15) is 22.8 Å². The van der Waals surface area contributed by atoms with Crippen LogP contribution in [-0.4, -0.2) is 20.4 Å². The lowest BCUT2D eigenvalue weighted by molar-refractivity contribution is -0.137. The molecule has 33 heavy (non-hydrogen) atoms. The van der Waals surface area contributed by atoms with Gasteiger partial charge in [-0.2, -0.15) is 13.2 Å². The third-order valence-corrected chi connectivity index (χ3v) is 6.84. The zero-order chi connectivity index (χ0) is 23.2. The van der Waals surface area contributed by atoms with Crippen molar-refractivity contribution in [1.82, 2.24) is 14.5 Å². The van der Waals surface area contributed by atoms with Gasteiger partial charge in [-0.3, -0.25) is 14.2 Å². The highest BCUT2D eigenvalue weighted by atomic mass is 32.1. The number of halogens is 3. The fourth-order valence-corrected chi connectivity index (χ4v) is 5.12. The van der Waals surface area contributed by atoms with Crippen molar-refractivity contribution in [2.75, 3.05) is 5.32 Å². The van der Waals surface area contributed by atoms with E-state index in [4.69, 9.17) is 0 Å². The number of alkyl halides is 3. The van der Waals surface area contributed by atoms with E-state index in [1.165, 1.54) is 29.8 Å². The van der Waals surface area contributed by atoms with Crippen LogP contribution in [-0.2, 0) is 17.5 Å². The first-order chi connectivity index (χ1) is 15.8. The van der Waals surface area contributed by atoms with Crippen molar-refractivity contribution in [2.24, 2.45) is 0 Å². The lowest BCUT2D eigenvalue weighted by atomic mass is 10.2. The molecule has 4 aromatic heterocycles. The number of nitrogens with one attached hydrogen (secondary N) is 1. The second-order valence-electron chi connectivity index (χ2n) is 7.11. The number of hydrogen-bond acceptors (Lipinski definition) is 6. The second kappa shape index (κ2) is 8.09. The van der Waals surface area contributed by atoms with Gasteiger partial charge >= 0.3 is 6.18 Å². The number of thiophene rings is 2. The number of pyridine rings is 1. The molecule has 1 amide bonds. The largest absolute Gasteiger partial charge is 0.416 e. The lowest BCUT2D eigenvalue weighted by Crippen LogP contribution is -2.27. The maximum Gasteiger partial charge on any atom is 0.416 e. The molecule has 4 heterocycles. The van der Waals surface area contributed by atoms with E-state index in [-0.39, 0.29) is 12.2 Å². The molecule has 0 bridgehead atoms. The van der Waals surface area contributed by atoms with Crippen molar-refractivity contribution in [2.45, 2.75) is 12.7 Å². The van der Waals surface area contributed by atoms with Crippen LogP contribution in [0.2, 0.25) is 0 Å². The summed E-state index contributed by atoms with van der Waals surface area (Å²) < 4.78 is 40.1. The maximum atomic E-state index is 13.0. The summed E-state index contributed by atoms with van der Waals surface area (Å²) in [5, 5.41) is 5.09. The van der Waals surface area contributed by atoms with Crippen LogP contribution in [0, 0.1) is 0 Å². The van der Waals surface area contributed by atoms with Crippen molar-refractivity contribution < 1.29 is 18.0 Å². The molecule has 11 heteroatoms. The van der Waals surface area contributed by atoms with Gasteiger partial charge in [0.25, 0.3) is 5.56 Å². The minimum atomic E-state index is -4.52. The highest BCUT2D eigenvalue weighted by Crippen LogP contribution is 2.33. The molecule has 0 aliphatic rings. The van der Waals surface area contributed by atoms with E-state index in [0.29, 0.717) is 15.0 Å². The first-order valence-corrected chi connectivity index (χ1v) is 11.3. The van der Waals surface area contributed by atoms with Crippen LogP contribution in [0.25, 0.3) is 31.0 Å². The highest BCUT2D eigenvalue weighted by molar-refractivity contribution is 7.25. The Balaban J connectivity index is 1.43. The third kappa shape index (κ3) is 4.12. The number of hydrogen-bond donors (Lipinski definition) is 1. The topological polar surface area (TPSA) is 76.9 Å². The van der Waals surface area contributed by atoms with E-state index in [0.717, 1.165) is 32.7 Å². The van der Waals surface area contributed by atoms with E-state index < -0.39 is 23.2 Å². The first kappa shape index (κ1) is 21.3. The molecule has 0 spiro atoms. The minimum Gasteiger partial charge on any atom is -0.325 e. The molecule has 0 unspecified atom stereocenters. The Hall–Kier alpha value is -3.57. The molecule has 0 saturated heterocycles. The molecule has 0 radical (unpaired) electrons. The van der Waals surface area contributed by atoms with Gasteiger partial charge in [0.15, 0.2) is 0 Å². The number of amides is 1. The summed E-state index contributed by atoms with van der Waals surface area (Å²) in [6.45, 7) is -0.389. The van der Waals surface area contributed by atoms with E-state index in [1.807, 2.05) is 29.6 Å². The maximum absolute atomic E-state index is 13.0. The molecule has 0 aliphatic carbocycles. The van der Waals surface area contributed by atoms with Crippen molar-refractivity contribution in [3.63, 3.8) is 0 Å². The van der Waals surface area contributed by atoms with E-state index >= 15 is 0 Å². The summed E-state index contributed by atoms with van der Waals surface area (Å²) in [7, 11) is 0. The molecule has 1 aromatic carbocycles. The van der Waals surface area contributed by atoms with Gasteiger partial charge in [-0.15, -0.1) is 22.7 Å². The number of aromatic nitrogens is 3. The van der Waals surface area contributed by atoms with Crippen molar-refractivity contribution >= 4 is 54.7 Å². The molecular weight excluding hydrogens is 473 g/mol. The van der Waals surface area contributed by atoms with Crippen LogP contribution < -0.4 is 10.9 Å². The van der Waals surface area contributed by atoms with Gasteiger partial charge in [0.1, 0.15) is 16.1 Å². The first-order valence-electron chi connectivity index (χ1n) is 9.59. The standard InChI is InChI=1S/C22H13F3N4O2S2/c23-22(24,25)12-3-1-4-13(9-12)27-17(30)10-29-11-26-18-14-6-7-15(16-5-2-8-32-16)28-20(14)33-19(18)21(29)31/h1-9,11H,10H2,(H,27,30). The van der Waals surface area contributed by atoms with Gasteiger partial charge in [-0.1, -0.05) is 12.1 Å².